The Labute approximate surface area is 153 Å². The summed E-state index contributed by atoms with van der Waals surface area (Å²) in [5.41, 5.74) is 8.54. The standard InChI is InChI=1S/C18H25N5O2S/c1-4-7-26(24,25)23-6-5-13-16(10-23)21-22-17(13)18-19-14-8-11(2)12(3)9-15(14)20-18/h8-9,13,17,22H,4-7,10H2,1-3H3,(H,19,20). The van der Waals surface area contributed by atoms with Crippen LogP contribution in [-0.4, -0.2) is 47.2 Å². The van der Waals surface area contributed by atoms with Crippen LogP contribution in [0.25, 0.3) is 11.0 Å². The monoisotopic (exact) mass is 375 g/mol. The number of sulfonamides is 1. The largest absolute Gasteiger partial charge is 0.340 e. The molecule has 7 nitrogen and oxygen atoms in total. The molecule has 140 valence electrons. The molecule has 2 aromatic rings. The van der Waals surface area contributed by atoms with Gasteiger partial charge < -0.3 is 4.98 Å². The predicted molar refractivity (Wildman–Crippen MR) is 103 cm³/mol. The fourth-order valence-corrected chi connectivity index (χ4v) is 5.35. The maximum atomic E-state index is 12.3. The first kappa shape index (κ1) is 17.5. The highest BCUT2D eigenvalue weighted by molar-refractivity contribution is 7.89. The molecule has 2 N–H and O–H groups in total. The van der Waals surface area contributed by atoms with E-state index in [9.17, 15) is 8.42 Å². The van der Waals surface area contributed by atoms with Gasteiger partial charge in [0.15, 0.2) is 0 Å². The molecular formula is C18H25N5O2S. The number of aryl methyl sites for hydroxylation is 2. The van der Waals surface area contributed by atoms with Gasteiger partial charge in [-0.3, -0.25) is 5.43 Å². The van der Waals surface area contributed by atoms with Crippen molar-refractivity contribution in [3.8, 4) is 0 Å². The number of piperidine rings is 1. The zero-order valence-corrected chi connectivity index (χ0v) is 16.2. The summed E-state index contributed by atoms with van der Waals surface area (Å²) in [6.45, 7) is 7.00. The molecule has 0 spiro atoms. The number of nitrogens with zero attached hydrogens (tertiary/aromatic N) is 3. The quantitative estimate of drug-likeness (QED) is 0.857. The maximum Gasteiger partial charge on any atom is 0.214 e. The molecule has 26 heavy (non-hydrogen) atoms. The van der Waals surface area contributed by atoms with Crippen molar-refractivity contribution in [3.63, 3.8) is 0 Å². The number of aromatic amines is 1. The lowest BCUT2D eigenvalue weighted by molar-refractivity contribution is 0.357. The number of hydrazone groups is 1. The summed E-state index contributed by atoms with van der Waals surface area (Å²) in [6, 6.07) is 4.20. The van der Waals surface area contributed by atoms with Gasteiger partial charge in [-0.25, -0.2) is 13.4 Å². The van der Waals surface area contributed by atoms with Crippen molar-refractivity contribution in [3.05, 3.63) is 29.1 Å². The van der Waals surface area contributed by atoms with Gasteiger partial charge in [-0.1, -0.05) is 6.92 Å². The van der Waals surface area contributed by atoms with Gasteiger partial charge in [0.25, 0.3) is 0 Å². The zero-order valence-electron chi connectivity index (χ0n) is 15.4. The van der Waals surface area contributed by atoms with E-state index in [0.29, 0.717) is 19.5 Å². The molecule has 1 aromatic heterocycles. The lowest BCUT2D eigenvalue weighted by atomic mass is 9.89. The van der Waals surface area contributed by atoms with Crippen LogP contribution in [0.3, 0.4) is 0 Å². The van der Waals surface area contributed by atoms with Crippen LogP contribution < -0.4 is 5.43 Å². The van der Waals surface area contributed by atoms with Gasteiger partial charge in [0.05, 0.1) is 29.0 Å². The molecular weight excluding hydrogens is 350 g/mol. The molecule has 2 aliphatic rings. The highest BCUT2D eigenvalue weighted by Crippen LogP contribution is 2.34. The van der Waals surface area contributed by atoms with Crippen LogP contribution in [-0.2, 0) is 10.0 Å². The third kappa shape index (κ3) is 2.91. The van der Waals surface area contributed by atoms with Crippen LogP contribution in [0.15, 0.2) is 17.2 Å². The van der Waals surface area contributed by atoms with Crippen molar-refractivity contribution in [2.24, 2.45) is 11.0 Å². The molecule has 0 aliphatic carbocycles. The summed E-state index contributed by atoms with van der Waals surface area (Å²) >= 11 is 0. The smallest absolute Gasteiger partial charge is 0.214 e. The second-order valence-corrected chi connectivity index (χ2v) is 9.42. The van der Waals surface area contributed by atoms with E-state index in [1.165, 1.54) is 11.1 Å². The van der Waals surface area contributed by atoms with Crippen LogP contribution in [0.4, 0.5) is 0 Å². The van der Waals surface area contributed by atoms with Crippen molar-refractivity contribution in [1.82, 2.24) is 19.7 Å². The van der Waals surface area contributed by atoms with E-state index < -0.39 is 10.0 Å². The average molecular weight is 375 g/mol. The first-order chi connectivity index (χ1) is 12.4. The number of nitrogens with one attached hydrogen (secondary N) is 2. The maximum absolute atomic E-state index is 12.3. The van der Waals surface area contributed by atoms with Crippen LogP contribution in [0.2, 0.25) is 0 Å². The molecule has 2 unspecified atom stereocenters. The lowest BCUT2D eigenvalue weighted by Crippen LogP contribution is -2.45. The van der Waals surface area contributed by atoms with E-state index in [-0.39, 0.29) is 17.7 Å². The molecule has 8 heteroatoms. The summed E-state index contributed by atoms with van der Waals surface area (Å²) in [6.07, 6.45) is 1.39. The number of fused-ring (bicyclic) bond motifs is 2. The zero-order chi connectivity index (χ0) is 18.5. The summed E-state index contributed by atoms with van der Waals surface area (Å²) in [7, 11) is -3.18. The minimum Gasteiger partial charge on any atom is -0.340 e. The molecule has 0 radical (unpaired) electrons. The van der Waals surface area contributed by atoms with Gasteiger partial charge in [0.1, 0.15) is 11.9 Å². The van der Waals surface area contributed by atoms with Crippen LogP contribution in [0, 0.1) is 19.8 Å². The Hall–Kier alpha value is -1.93. The van der Waals surface area contributed by atoms with Crippen molar-refractivity contribution in [1.29, 1.82) is 0 Å². The second-order valence-electron chi connectivity index (χ2n) is 7.33. The molecule has 2 aliphatic heterocycles. The predicted octanol–water partition coefficient (Wildman–Crippen LogP) is 2.24. The van der Waals surface area contributed by atoms with Gasteiger partial charge in [0.2, 0.25) is 10.0 Å². The molecule has 1 saturated heterocycles. The number of benzene rings is 1. The van der Waals surface area contributed by atoms with Crippen molar-refractivity contribution < 1.29 is 8.42 Å². The Morgan fingerprint density at radius 3 is 2.81 bits per heavy atom. The number of imidazole rings is 1. The Morgan fingerprint density at radius 2 is 2.04 bits per heavy atom. The number of hydrogen-bond donors (Lipinski definition) is 2. The number of H-pyrrole nitrogens is 1. The first-order valence-electron chi connectivity index (χ1n) is 9.15. The molecule has 0 saturated carbocycles. The van der Waals surface area contributed by atoms with Gasteiger partial charge >= 0.3 is 0 Å². The van der Waals surface area contributed by atoms with Crippen LogP contribution in [0.1, 0.15) is 42.8 Å². The van der Waals surface area contributed by atoms with E-state index in [4.69, 9.17) is 4.98 Å². The number of rotatable bonds is 4. The van der Waals surface area contributed by atoms with E-state index in [1.54, 1.807) is 4.31 Å². The van der Waals surface area contributed by atoms with Crippen molar-refractivity contribution in [2.75, 3.05) is 18.8 Å². The Kier molecular flexibility index (Phi) is 4.27. The molecule has 2 atom stereocenters. The Morgan fingerprint density at radius 1 is 1.27 bits per heavy atom. The molecule has 0 amide bonds. The van der Waals surface area contributed by atoms with Crippen molar-refractivity contribution >= 4 is 26.8 Å². The summed E-state index contributed by atoms with van der Waals surface area (Å²) in [4.78, 5) is 8.18. The minimum absolute atomic E-state index is 0.0194. The Bertz CT molecular complexity index is 940. The molecule has 0 bridgehead atoms. The van der Waals surface area contributed by atoms with E-state index >= 15 is 0 Å². The lowest BCUT2D eigenvalue weighted by Gasteiger charge is -2.31. The average Bonchev–Trinajstić information content (AvgIpc) is 3.18. The van der Waals surface area contributed by atoms with Crippen LogP contribution in [0.5, 0.6) is 0 Å². The van der Waals surface area contributed by atoms with E-state index in [2.05, 4.69) is 41.5 Å². The van der Waals surface area contributed by atoms with Gasteiger partial charge in [-0.15, -0.1) is 0 Å². The third-order valence-electron chi connectivity index (χ3n) is 5.47. The third-order valence-corrected chi connectivity index (χ3v) is 7.49. The topological polar surface area (TPSA) is 90.4 Å². The van der Waals surface area contributed by atoms with Crippen LogP contribution >= 0.6 is 0 Å². The Balaban J connectivity index is 1.56. The SMILES string of the molecule is CCCS(=O)(=O)N1CCC2C(=NNC2c2nc3cc(C)c(C)cc3[nH]2)C1. The van der Waals surface area contributed by atoms with E-state index in [1.807, 2.05) is 6.92 Å². The number of aromatic nitrogens is 2. The minimum atomic E-state index is -3.18. The fourth-order valence-electron chi connectivity index (χ4n) is 3.86. The van der Waals surface area contributed by atoms with E-state index in [0.717, 1.165) is 29.0 Å². The molecule has 1 aromatic carbocycles. The number of hydrogen-bond acceptors (Lipinski definition) is 5. The fraction of sp³-hybridized carbons (Fsp3) is 0.556. The normalized spacial score (nSPS) is 23.7. The molecule has 4 rings (SSSR count). The van der Waals surface area contributed by atoms with Gasteiger partial charge in [-0.05, 0) is 49.9 Å². The first-order valence-corrected chi connectivity index (χ1v) is 10.8. The highest BCUT2D eigenvalue weighted by atomic mass is 32.2. The second kappa shape index (κ2) is 6.35. The summed E-state index contributed by atoms with van der Waals surface area (Å²) < 4.78 is 26.2. The highest BCUT2D eigenvalue weighted by Gasteiger charge is 2.40. The van der Waals surface area contributed by atoms with Gasteiger partial charge in [-0.2, -0.15) is 9.41 Å². The van der Waals surface area contributed by atoms with Gasteiger partial charge in [0, 0.05) is 12.5 Å². The van der Waals surface area contributed by atoms with Crippen molar-refractivity contribution in [2.45, 2.75) is 39.7 Å². The summed E-state index contributed by atoms with van der Waals surface area (Å²) in [5, 5.41) is 4.45. The molecule has 1 fully saturated rings. The summed E-state index contributed by atoms with van der Waals surface area (Å²) in [5.74, 6) is 1.26. The molecule has 3 heterocycles.